The first kappa shape index (κ1) is 39.6. The van der Waals surface area contributed by atoms with E-state index in [9.17, 15) is 18.3 Å². The van der Waals surface area contributed by atoms with Gasteiger partial charge in [0.25, 0.3) is 5.91 Å². The van der Waals surface area contributed by atoms with E-state index in [1.54, 1.807) is 30.4 Å². The molecule has 0 saturated heterocycles. The molecule has 0 aromatic heterocycles. The molecule has 1 fully saturated rings. The topological polar surface area (TPSA) is 105 Å². The molecule has 0 unspecified atom stereocenters. The Kier molecular flexibility index (Phi) is 11.1. The number of nitrogens with one attached hydrogen (secondary N) is 1. The fraction of sp³-hybridized carbons (Fsp3) is 0.548. The summed E-state index contributed by atoms with van der Waals surface area (Å²) < 4.78 is 42.1. The molecule has 2 bridgehead atoms. The van der Waals surface area contributed by atoms with Crippen molar-refractivity contribution in [2.45, 2.75) is 107 Å². The van der Waals surface area contributed by atoms with Crippen LogP contribution in [0.2, 0.25) is 23.2 Å². The highest BCUT2D eigenvalue weighted by molar-refractivity contribution is 7.90. The molecule has 2 aromatic carbocycles. The molecule has 2 N–H and O–H groups in total. The van der Waals surface area contributed by atoms with Crippen molar-refractivity contribution in [1.29, 1.82) is 0 Å². The van der Waals surface area contributed by atoms with E-state index in [-0.39, 0.29) is 34.3 Å². The molecule has 2 heterocycles. The summed E-state index contributed by atoms with van der Waals surface area (Å²) in [5.41, 5.74) is 2.04. The van der Waals surface area contributed by atoms with Gasteiger partial charge in [-0.1, -0.05) is 68.5 Å². The van der Waals surface area contributed by atoms with E-state index in [2.05, 4.69) is 74.0 Å². The highest BCUT2D eigenvalue weighted by atomic mass is 35.5. The van der Waals surface area contributed by atoms with Gasteiger partial charge >= 0.3 is 0 Å². The normalized spacial score (nSPS) is 29.3. The minimum Gasteiger partial charge on any atom is -0.490 e. The molecule has 286 valence electrons. The van der Waals surface area contributed by atoms with Crippen LogP contribution in [0, 0.1) is 23.7 Å². The fourth-order valence-corrected chi connectivity index (χ4v) is 10.3. The Morgan fingerprint density at radius 3 is 2.68 bits per heavy atom. The van der Waals surface area contributed by atoms with E-state index < -0.39 is 35.1 Å². The van der Waals surface area contributed by atoms with Crippen molar-refractivity contribution in [1.82, 2.24) is 4.72 Å². The van der Waals surface area contributed by atoms with Gasteiger partial charge in [0.05, 0.1) is 17.5 Å². The third kappa shape index (κ3) is 8.16. The molecule has 1 amide bonds. The van der Waals surface area contributed by atoms with Crippen LogP contribution in [0.15, 0.2) is 60.7 Å². The van der Waals surface area contributed by atoms with Gasteiger partial charge < -0.3 is 19.2 Å². The quantitative estimate of drug-likeness (QED) is 0.141. The number of halogens is 1. The minimum absolute atomic E-state index is 0.0857. The lowest BCUT2D eigenvalue weighted by Gasteiger charge is -2.47. The van der Waals surface area contributed by atoms with Gasteiger partial charge in [0.2, 0.25) is 10.0 Å². The van der Waals surface area contributed by atoms with Gasteiger partial charge in [-0.15, -0.1) is 0 Å². The Balaban J connectivity index is 1.39. The number of aliphatic hydroxyl groups is 1. The van der Waals surface area contributed by atoms with Crippen molar-refractivity contribution in [2.24, 2.45) is 11.8 Å². The number of rotatable bonds is 3. The van der Waals surface area contributed by atoms with Gasteiger partial charge in [0.15, 0.2) is 8.32 Å². The molecule has 2 aliphatic carbocycles. The first-order valence-electron chi connectivity index (χ1n) is 18.9. The Bertz CT molecular complexity index is 1960. The third-order valence-electron chi connectivity index (χ3n) is 12.5. The van der Waals surface area contributed by atoms with Crippen LogP contribution in [0.3, 0.4) is 0 Å². The second-order valence-electron chi connectivity index (χ2n) is 17.1. The maximum Gasteiger partial charge on any atom is 0.264 e. The molecule has 8 nitrogen and oxygen atoms in total. The molecule has 53 heavy (non-hydrogen) atoms. The summed E-state index contributed by atoms with van der Waals surface area (Å²) in [4.78, 5) is 15.8. The molecule has 11 heteroatoms. The number of carbonyl (C=O) groups is 1. The van der Waals surface area contributed by atoms with Crippen LogP contribution < -0.4 is 14.4 Å². The number of ether oxygens (including phenoxy) is 1. The zero-order valence-corrected chi connectivity index (χ0v) is 34.6. The van der Waals surface area contributed by atoms with Gasteiger partial charge in [-0.3, -0.25) is 4.79 Å². The molecule has 0 radical (unpaired) electrons. The predicted molar refractivity (Wildman–Crippen MR) is 216 cm³/mol. The molecule has 4 aliphatic rings. The van der Waals surface area contributed by atoms with Crippen molar-refractivity contribution in [3.05, 3.63) is 82.4 Å². The third-order valence-corrected chi connectivity index (χ3v) is 19.1. The molecule has 1 saturated carbocycles. The number of nitrogens with zero attached hydrogens (tertiary/aromatic N) is 1. The lowest BCUT2D eigenvalue weighted by Crippen LogP contribution is -2.52. The smallest absolute Gasteiger partial charge is 0.264 e. The Morgan fingerprint density at radius 2 is 1.96 bits per heavy atom. The average Bonchev–Trinajstić information content (AvgIpc) is 3.21. The van der Waals surface area contributed by atoms with Crippen LogP contribution >= 0.6 is 11.6 Å². The van der Waals surface area contributed by atoms with Gasteiger partial charge in [0, 0.05) is 48.0 Å². The molecular weight excluding hydrogens is 724 g/mol. The predicted octanol–water partition coefficient (Wildman–Crippen LogP) is 7.95. The van der Waals surface area contributed by atoms with Gasteiger partial charge in [-0.2, -0.15) is 0 Å². The molecule has 2 aromatic rings. The van der Waals surface area contributed by atoms with E-state index in [1.165, 1.54) is 18.1 Å². The number of fused-ring (bicyclic) bond motifs is 4. The highest BCUT2D eigenvalue weighted by Crippen LogP contribution is 2.48. The number of anilines is 1. The summed E-state index contributed by atoms with van der Waals surface area (Å²) in [5.74, 6) is 6.37. The van der Waals surface area contributed by atoms with E-state index in [4.69, 9.17) is 20.8 Å². The number of allylic oxidation sites excluding steroid dienone is 1. The largest absolute Gasteiger partial charge is 0.490 e. The first-order chi connectivity index (χ1) is 24.8. The summed E-state index contributed by atoms with van der Waals surface area (Å²) >= 11 is 6.46. The van der Waals surface area contributed by atoms with E-state index in [0.717, 1.165) is 37.8 Å². The lowest BCUT2D eigenvalue weighted by atomic mass is 9.64. The minimum atomic E-state index is -4.11. The zero-order valence-electron chi connectivity index (χ0n) is 32.1. The monoisotopic (exact) mass is 778 g/mol. The van der Waals surface area contributed by atoms with Gasteiger partial charge in [-0.25, -0.2) is 13.1 Å². The van der Waals surface area contributed by atoms with Crippen molar-refractivity contribution >= 4 is 41.5 Å². The number of carbonyl (C=O) groups excluding carboxylic acids is 1. The molecule has 5 atom stereocenters. The van der Waals surface area contributed by atoms with E-state index >= 15 is 0 Å². The number of hydrogen-bond acceptors (Lipinski definition) is 7. The van der Waals surface area contributed by atoms with Crippen molar-refractivity contribution < 1.29 is 27.5 Å². The number of benzene rings is 2. The van der Waals surface area contributed by atoms with Crippen molar-refractivity contribution in [3.8, 4) is 17.6 Å². The second kappa shape index (κ2) is 14.9. The molecule has 2 aliphatic heterocycles. The Labute approximate surface area is 322 Å². The first-order valence-corrected chi connectivity index (χ1v) is 23.8. The van der Waals surface area contributed by atoms with Crippen LogP contribution in [0.4, 0.5) is 5.69 Å². The Hall–Kier alpha value is -3.07. The van der Waals surface area contributed by atoms with E-state index in [0.29, 0.717) is 49.1 Å². The zero-order chi connectivity index (χ0) is 38.4. The Morgan fingerprint density at radius 1 is 1.19 bits per heavy atom. The molecule has 6 rings (SSSR count). The second-order valence-corrected chi connectivity index (χ2v) is 24.3. The number of sulfonamides is 1. The SMILES string of the molecule is C=C1C/C=C/[C@@](O)(C#CCCO[Si](C)(C)C(C)(C)C)[C@@H]2CC[C@H]2CN2C[C@@]3(CCCc4cc(Cl)ccc43)COc3ccc(cc32)C(=O)NS(=O)(=O)[C@@H]1C. The maximum atomic E-state index is 13.5. The van der Waals surface area contributed by atoms with Crippen molar-refractivity contribution in [2.75, 3.05) is 31.2 Å². The number of hydrogen-bond donors (Lipinski definition) is 2. The number of amides is 1. The van der Waals surface area contributed by atoms with Crippen LogP contribution in [0.5, 0.6) is 5.75 Å². The summed E-state index contributed by atoms with van der Waals surface area (Å²) in [6.45, 7) is 18.8. The van der Waals surface area contributed by atoms with Gasteiger partial charge in [-0.05, 0) is 117 Å². The summed E-state index contributed by atoms with van der Waals surface area (Å²) in [7, 11) is -6.05. The van der Waals surface area contributed by atoms with Gasteiger partial charge in [0.1, 0.15) is 11.4 Å². The standard InChI is InChI=1S/C42H55ClN2O6SSi/c1-29-12-10-22-42(47,21-8-9-23-51-53(6,7)40(3,4)5)36-17-14-33(36)26-45-27-41(20-11-13-31-24-34(43)16-18-35(31)41)28-50-38-19-15-32(25-37(38)45)39(46)44-52(48,49)30(29)2/h10,15-16,18-19,22,24-25,30,33,36,47H,1,9,11-14,17,20,23,26-28H2,2-7H3,(H,44,46)/b22-10+/t30-,33+,36-,41+,42+/m1/s1. The lowest BCUT2D eigenvalue weighted by molar-refractivity contribution is -0.00319. The summed E-state index contributed by atoms with van der Waals surface area (Å²) in [6.07, 6.45) is 8.76. The molecule has 1 spiro atoms. The van der Waals surface area contributed by atoms with Crippen LogP contribution in [0.1, 0.15) is 87.7 Å². The van der Waals surface area contributed by atoms with E-state index in [1.807, 2.05) is 6.07 Å². The summed E-state index contributed by atoms with van der Waals surface area (Å²) in [5, 5.41) is 12.2. The molecular formula is C42H55ClN2O6SSi. The van der Waals surface area contributed by atoms with Crippen LogP contribution in [-0.2, 0) is 26.3 Å². The average molecular weight is 780 g/mol. The maximum absolute atomic E-state index is 13.5. The van der Waals surface area contributed by atoms with Crippen molar-refractivity contribution in [3.63, 3.8) is 0 Å². The van der Waals surface area contributed by atoms with Crippen LogP contribution in [-0.4, -0.2) is 64.9 Å². The summed E-state index contributed by atoms with van der Waals surface area (Å²) in [6, 6.07) is 11.3. The fourth-order valence-electron chi connectivity index (χ4n) is 7.99. The number of aryl methyl sites for hydroxylation is 1. The highest BCUT2D eigenvalue weighted by Gasteiger charge is 2.48. The van der Waals surface area contributed by atoms with Crippen LogP contribution in [0.25, 0.3) is 0 Å².